The number of aliphatic carboxylic acids is 1. The van der Waals surface area contributed by atoms with Crippen molar-refractivity contribution in [3.63, 3.8) is 0 Å². The molecule has 0 saturated carbocycles. The maximum atomic E-state index is 12.6. The largest absolute Gasteiger partial charge is 0.478 e. The van der Waals surface area contributed by atoms with Crippen LogP contribution in [0.3, 0.4) is 0 Å². The molecule has 1 aromatic carbocycles. The van der Waals surface area contributed by atoms with Gasteiger partial charge in [0.25, 0.3) is 5.16 Å². The lowest BCUT2D eigenvalue weighted by Gasteiger charge is -2.20. The number of hydrogen-bond acceptors (Lipinski definition) is 13. The van der Waals surface area contributed by atoms with Crippen LogP contribution in [0.1, 0.15) is 43.6 Å². The summed E-state index contributed by atoms with van der Waals surface area (Å²) >= 11 is 0. The molecule has 37 heavy (non-hydrogen) atoms. The third-order valence-corrected chi connectivity index (χ3v) is 5.02. The van der Waals surface area contributed by atoms with Gasteiger partial charge in [0.1, 0.15) is 17.4 Å². The summed E-state index contributed by atoms with van der Waals surface area (Å²) in [5.74, 6) is -5.01. The van der Waals surface area contributed by atoms with Crippen LogP contribution in [0, 0.1) is 21.4 Å². The number of nitrogens with zero attached hydrogens (tertiary/aromatic N) is 4. The molecule has 1 aromatic heterocycles. The van der Waals surface area contributed by atoms with Crippen LogP contribution < -0.4 is 9.47 Å². The van der Waals surface area contributed by atoms with Crippen molar-refractivity contribution in [2.75, 3.05) is 6.26 Å². The van der Waals surface area contributed by atoms with E-state index in [0.717, 1.165) is 25.1 Å². The molecule has 0 fully saturated rings. The fourth-order valence-electron chi connectivity index (χ4n) is 2.64. The molecule has 2 aromatic rings. The monoisotopic (exact) mass is 538 g/mol. The fraction of sp³-hybridized carbons (Fsp3) is 0.381. The first-order valence-electron chi connectivity index (χ1n) is 10.2. The first kappa shape index (κ1) is 28.9. The second kappa shape index (κ2) is 10.7. The predicted octanol–water partition coefficient (Wildman–Crippen LogP) is 1.62. The van der Waals surface area contributed by atoms with Gasteiger partial charge in [-0.1, -0.05) is 0 Å². The number of carboxylic acids is 1. The molecule has 16 heteroatoms. The van der Waals surface area contributed by atoms with E-state index >= 15 is 0 Å². The Morgan fingerprint density at radius 2 is 1.81 bits per heavy atom. The molecule has 198 valence electrons. The highest BCUT2D eigenvalue weighted by molar-refractivity contribution is 7.90. The SMILES string of the molecule is CC(O)C(Oc1nc(S(C)(=O)=O)nc(Oc2ccc(C#N)c(C(=O)OC(C)(C)C)c2)c1[N+](=O)[O-])C(=O)O. The quantitative estimate of drug-likeness (QED) is 0.200. The standard InChI is InChI=1S/C21H22N4O11S/c1-10(26)15(18(27)28)35-17-14(25(30)31)16(23-20(24-17)37(5,32)33)34-12-7-6-11(9-22)13(8-12)19(29)36-21(2,3)4/h6-8,10,15,26H,1-5H3,(H,27,28). The highest BCUT2D eigenvalue weighted by Crippen LogP contribution is 2.38. The number of aliphatic hydroxyl groups is 1. The van der Waals surface area contributed by atoms with E-state index < -0.39 is 67.1 Å². The lowest BCUT2D eigenvalue weighted by atomic mass is 10.1. The molecule has 0 amide bonds. The molecule has 15 nitrogen and oxygen atoms in total. The van der Waals surface area contributed by atoms with Crippen molar-refractivity contribution in [3.8, 4) is 23.6 Å². The average molecular weight is 538 g/mol. The molecular formula is C21H22N4O11S. The molecule has 2 atom stereocenters. The molecule has 0 saturated heterocycles. The number of esters is 1. The Hall–Kier alpha value is -4.36. The third-order valence-electron chi connectivity index (χ3n) is 4.18. The Balaban J connectivity index is 2.72. The van der Waals surface area contributed by atoms with E-state index in [1.807, 2.05) is 0 Å². The van der Waals surface area contributed by atoms with E-state index in [-0.39, 0.29) is 16.9 Å². The first-order chi connectivity index (χ1) is 16.9. The molecule has 1 heterocycles. The molecule has 2 rings (SSSR count). The summed E-state index contributed by atoms with van der Waals surface area (Å²) in [5.41, 5.74) is -2.46. The van der Waals surface area contributed by atoms with Gasteiger partial charge in [0.05, 0.1) is 22.2 Å². The number of carbonyl (C=O) groups excluding carboxylic acids is 1. The lowest BCUT2D eigenvalue weighted by molar-refractivity contribution is -0.387. The number of sulfone groups is 1. The van der Waals surface area contributed by atoms with E-state index in [9.17, 15) is 43.6 Å². The van der Waals surface area contributed by atoms with Crippen LogP contribution in [0.15, 0.2) is 23.4 Å². The number of rotatable bonds is 9. The lowest BCUT2D eigenvalue weighted by Crippen LogP contribution is -2.37. The van der Waals surface area contributed by atoms with Gasteiger partial charge in [-0.2, -0.15) is 15.2 Å². The van der Waals surface area contributed by atoms with Gasteiger partial charge >= 0.3 is 29.4 Å². The highest BCUT2D eigenvalue weighted by atomic mass is 32.2. The van der Waals surface area contributed by atoms with Gasteiger partial charge in [0, 0.05) is 6.26 Å². The number of nitriles is 1. The number of ether oxygens (including phenoxy) is 3. The average Bonchev–Trinajstić information content (AvgIpc) is 2.74. The summed E-state index contributed by atoms with van der Waals surface area (Å²) in [5, 5.41) is 39.1. The molecule has 2 unspecified atom stereocenters. The van der Waals surface area contributed by atoms with Crippen molar-refractivity contribution in [1.82, 2.24) is 9.97 Å². The van der Waals surface area contributed by atoms with Gasteiger partial charge in [-0.05, 0) is 45.9 Å². The summed E-state index contributed by atoms with van der Waals surface area (Å²) < 4.78 is 39.9. The Labute approximate surface area is 210 Å². The van der Waals surface area contributed by atoms with Gasteiger partial charge in [0.15, 0.2) is 0 Å². The van der Waals surface area contributed by atoms with Crippen molar-refractivity contribution >= 4 is 27.5 Å². The van der Waals surface area contributed by atoms with Crippen molar-refractivity contribution in [1.29, 1.82) is 5.26 Å². The Kier molecular flexibility index (Phi) is 8.37. The zero-order valence-corrected chi connectivity index (χ0v) is 21.0. The number of nitro groups is 1. The Morgan fingerprint density at radius 1 is 1.22 bits per heavy atom. The molecule has 2 N–H and O–H groups in total. The summed E-state index contributed by atoms with van der Waals surface area (Å²) in [6.07, 6.45) is -3.08. The van der Waals surface area contributed by atoms with Crippen LogP contribution in [0.4, 0.5) is 5.69 Å². The number of carboxylic acid groups (broad SMARTS) is 1. The fourth-order valence-corrected chi connectivity index (χ4v) is 3.14. The highest BCUT2D eigenvalue weighted by Gasteiger charge is 2.36. The van der Waals surface area contributed by atoms with E-state index in [1.165, 1.54) is 0 Å². The van der Waals surface area contributed by atoms with Crippen LogP contribution in [0.5, 0.6) is 17.5 Å². The van der Waals surface area contributed by atoms with E-state index in [2.05, 4.69) is 9.97 Å². The second-order valence-corrected chi connectivity index (χ2v) is 10.4. The number of hydrogen-bond donors (Lipinski definition) is 2. The minimum absolute atomic E-state index is 0.110. The molecule has 0 radical (unpaired) electrons. The minimum Gasteiger partial charge on any atom is -0.478 e. The van der Waals surface area contributed by atoms with E-state index in [4.69, 9.17) is 14.2 Å². The Bertz CT molecular complexity index is 1390. The van der Waals surface area contributed by atoms with E-state index in [1.54, 1.807) is 26.8 Å². The van der Waals surface area contributed by atoms with Gasteiger partial charge in [-0.15, -0.1) is 0 Å². The van der Waals surface area contributed by atoms with Crippen LogP contribution in [-0.2, 0) is 19.4 Å². The van der Waals surface area contributed by atoms with Crippen molar-refractivity contribution in [2.45, 2.75) is 50.7 Å². The number of benzene rings is 1. The smallest absolute Gasteiger partial charge is 0.392 e. The molecule has 0 spiro atoms. The zero-order valence-electron chi connectivity index (χ0n) is 20.2. The van der Waals surface area contributed by atoms with Crippen molar-refractivity contribution in [3.05, 3.63) is 39.4 Å². The number of aliphatic hydroxyl groups excluding tert-OH is 1. The number of carbonyl (C=O) groups is 2. The molecule has 0 aliphatic rings. The second-order valence-electron chi connectivity index (χ2n) is 8.53. The third kappa shape index (κ3) is 7.32. The van der Waals surface area contributed by atoms with Gasteiger partial charge < -0.3 is 24.4 Å². The summed E-state index contributed by atoms with van der Waals surface area (Å²) in [4.78, 5) is 41.7. The Morgan fingerprint density at radius 3 is 2.27 bits per heavy atom. The van der Waals surface area contributed by atoms with Crippen LogP contribution in [0.25, 0.3) is 0 Å². The van der Waals surface area contributed by atoms with Crippen molar-refractivity contribution < 1.29 is 47.4 Å². The van der Waals surface area contributed by atoms with Crippen LogP contribution in [0.2, 0.25) is 0 Å². The van der Waals surface area contributed by atoms with Gasteiger partial charge in [-0.25, -0.2) is 18.0 Å². The molecule has 0 aliphatic heterocycles. The summed E-state index contributed by atoms with van der Waals surface area (Å²) in [6, 6.07) is 5.12. The van der Waals surface area contributed by atoms with Crippen LogP contribution in [-0.4, -0.2) is 69.5 Å². The molecule has 0 aliphatic carbocycles. The van der Waals surface area contributed by atoms with Crippen molar-refractivity contribution in [2.24, 2.45) is 0 Å². The molecular weight excluding hydrogens is 516 g/mol. The van der Waals surface area contributed by atoms with Crippen LogP contribution >= 0.6 is 0 Å². The predicted molar refractivity (Wildman–Crippen MR) is 122 cm³/mol. The maximum absolute atomic E-state index is 12.6. The normalized spacial score (nSPS) is 13.1. The minimum atomic E-state index is -4.24. The topological polar surface area (TPSA) is 229 Å². The molecule has 0 bridgehead atoms. The zero-order chi connectivity index (χ0) is 28.3. The van der Waals surface area contributed by atoms with E-state index in [0.29, 0.717) is 6.26 Å². The summed E-state index contributed by atoms with van der Waals surface area (Å²) in [6.45, 7) is 5.80. The van der Waals surface area contributed by atoms with Gasteiger partial charge in [0.2, 0.25) is 15.9 Å². The first-order valence-corrected chi connectivity index (χ1v) is 12.1. The van der Waals surface area contributed by atoms with Gasteiger partial charge in [-0.3, -0.25) is 10.1 Å². The maximum Gasteiger partial charge on any atom is 0.392 e. The number of aromatic nitrogens is 2. The summed E-state index contributed by atoms with van der Waals surface area (Å²) in [7, 11) is -4.24.